The lowest BCUT2D eigenvalue weighted by Gasteiger charge is -2.48. The molecule has 1 saturated carbocycles. The van der Waals surface area contributed by atoms with Crippen LogP contribution in [0.3, 0.4) is 0 Å². The van der Waals surface area contributed by atoms with E-state index in [4.69, 9.17) is 9.47 Å². The van der Waals surface area contributed by atoms with Crippen LogP contribution in [0.2, 0.25) is 0 Å². The van der Waals surface area contributed by atoms with Crippen LogP contribution in [0.25, 0.3) is 0 Å². The third-order valence-corrected chi connectivity index (χ3v) is 3.32. The quantitative estimate of drug-likeness (QED) is 0.573. The van der Waals surface area contributed by atoms with Gasteiger partial charge in [-0.3, -0.25) is 5.32 Å². The Bertz CT molecular complexity index is 191. The van der Waals surface area contributed by atoms with E-state index in [-0.39, 0.29) is 5.72 Å². The number of nitrogens with one attached hydrogen (secondary N) is 1. The van der Waals surface area contributed by atoms with Gasteiger partial charge in [0.1, 0.15) is 0 Å². The summed E-state index contributed by atoms with van der Waals surface area (Å²) in [6, 6.07) is 0. The van der Waals surface area contributed by atoms with E-state index < -0.39 is 0 Å². The molecule has 2 aliphatic heterocycles. The SMILES string of the molecule is C1CC2CNC3(COC3)OC2C1. The van der Waals surface area contributed by atoms with Crippen molar-refractivity contribution in [2.24, 2.45) is 5.92 Å². The second-order valence-corrected chi connectivity index (χ2v) is 4.22. The second-order valence-electron chi connectivity index (χ2n) is 4.22. The first-order valence-corrected chi connectivity index (χ1v) is 4.89. The molecule has 2 saturated heterocycles. The van der Waals surface area contributed by atoms with Crippen LogP contribution in [0, 0.1) is 5.92 Å². The first-order chi connectivity index (χ1) is 5.88. The van der Waals surface area contributed by atoms with Crippen molar-refractivity contribution >= 4 is 0 Å². The Morgan fingerprint density at radius 3 is 2.92 bits per heavy atom. The minimum atomic E-state index is -0.0779. The van der Waals surface area contributed by atoms with Crippen LogP contribution < -0.4 is 5.32 Å². The van der Waals surface area contributed by atoms with Crippen molar-refractivity contribution in [3.05, 3.63) is 0 Å². The van der Waals surface area contributed by atoms with Gasteiger partial charge in [0.05, 0.1) is 19.3 Å². The van der Waals surface area contributed by atoms with Crippen LogP contribution >= 0.6 is 0 Å². The predicted octanol–water partition coefficient (Wildman–Crippen LogP) is 0.501. The lowest BCUT2D eigenvalue weighted by atomic mass is 10.00. The van der Waals surface area contributed by atoms with Crippen LogP contribution in [-0.4, -0.2) is 31.6 Å². The van der Waals surface area contributed by atoms with Gasteiger partial charge in [-0.15, -0.1) is 0 Å². The van der Waals surface area contributed by atoms with E-state index in [0.717, 1.165) is 25.7 Å². The Hall–Kier alpha value is -0.120. The van der Waals surface area contributed by atoms with Crippen LogP contribution in [-0.2, 0) is 9.47 Å². The fourth-order valence-corrected chi connectivity index (χ4v) is 2.50. The molecule has 0 amide bonds. The van der Waals surface area contributed by atoms with Crippen LogP contribution in [0.1, 0.15) is 19.3 Å². The molecule has 2 atom stereocenters. The highest BCUT2D eigenvalue weighted by Crippen LogP contribution is 2.36. The summed E-state index contributed by atoms with van der Waals surface area (Å²) in [5.74, 6) is 0.774. The third kappa shape index (κ3) is 0.934. The van der Waals surface area contributed by atoms with E-state index >= 15 is 0 Å². The molecule has 0 bridgehead atoms. The summed E-state index contributed by atoms with van der Waals surface area (Å²) < 4.78 is 11.2. The van der Waals surface area contributed by atoms with E-state index in [0.29, 0.717) is 6.10 Å². The molecule has 1 N–H and O–H groups in total. The first kappa shape index (κ1) is 7.30. The van der Waals surface area contributed by atoms with Gasteiger partial charge in [0.2, 0.25) is 0 Å². The molecule has 1 spiro atoms. The van der Waals surface area contributed by atoms with Crippen molar-refractivity contribution in [3.63, 3.8) is 0 Å². The fourth-order valence-electron chi connectivity index (χ4n) is 2.50. The molecule has 3 rings (SSSR count). The summed E-state index contributed by atoms with van der Waals surface area (Å²) in [5.41, 5.74) is -0.0779. The molecule has 3 aliphatic rings. The predicted molar refractivity (Wildman–Crippen MR) is 43.8 cm³/mol. The van der Waals surface area contributed by atoms with Gasteiger partial charge in [0.15, 0.2) is 5.72 Å². The highest BCUT2D eigenvalue weighted by molar-refractivity contribution is 4.95. The number of hydrogen-bond acceptors (Lipinski definition) is 3. The molecule has 3 nitrogen and oxygen atoms in total. The van der Waals surface area contributed by atoms with Crippen molar-refractivity contribution in [2.45, 2.75) is 31.1 Å². The molecule has 2 heterocycles. The molecule has 3 fully saturated rings. The highest BCUT2D eigenvalue weighted by Gasteiger charge is 2.47. The number of ether oxygens (including phenoxy) is 2. The highest BCUT2D eigenvalue weighted by atomic mass is 16.6. The maximum Gasteiger partial charge on any atom is 0.166 e. The number of fused-ring (bicyclic) bond motifs is 1. The monoisotopic (exact) mass is 169 g/mol. The van der Waals surface area contributed by atoms with Crippen LogP contribution in [0.15, 0.2) is 0 Å². The average Bonchev–Trinajstić information content (AvgIpc) is 2.46. The smallest absolute Gasteiger partial charge is 0.166 e. The molecule has 1 aliphatic carbocycles. The van der Waals surface area contributed by atoms with Crippen molar-refractivity contribution in [3.8, 4) is 0 Å². The molecule has 3 heteroatoms. The molecule has 0 aromatic heterocycles. The third-order valence-electron chi connectivity index (χ3n) is 3.32. The summed E-state index contributed by atoms with van der Waals surface area (Å²) in [6.07, 6.45) is 4.46. The summed E-state index contributed by atoms with van der Waals surface area (Å²) in [7, 11) is 0. The van der Waals surface area contributed by atoms with Crippen LogP contribution in [0.5, 0.6) is 0 Å². The Labute approximate surface area is 72.4 Å². The van der Waals surface area contributed by atoms with Gasteiger partial charge in [-0.05, 0) is 18.8 Å². The molecule has 68 valence electrons. The van der Waals surface area contributed by atoms with Gasteiger partial charge in [0, 0.05) is 6.54 Å². The molecule has 0 aromatic rings. The second kappa shape index (κ2) is 2.44. The lowest BCUT2D eigenvalue weighted by molar-refractivity contribution is -0.269. The maximum atomic E-state index is 6.00. The van der Waals surface area contributed by atoms with Gasteiger partial charge in [0.25, 0.3) is 0 Å². The lowest BCUT2D eigenvalue weighted by Crippen LogP contribution is -2.67. The summed E-state index contributed by atoms with van der Waals surface area (Å²) >= 11 is 0. The molecular weight excluding hydrogens is 154 g/mol. The molecule has 0 aromatic carbocycles. The standard InChI is InChI=1S/C9H15NO2/c1-2-7-4-10-9(5-11-6-9)12-8(7)3-1/h7-8,10H,1-6H2. The molecule has 12 heavy (non-hydrogen) atoms. The first-order valence-electron chi connectivity index (χ1n) is 4.89. The Kier molecular flexibility index (Phi) is 1.48. The van der Waals surface area contributed by atoms with Crippen molar-refractivity contribution in [1.82, 2.24) is 5.32 Å². The summed E-state index contributed by atoms with van der Waals surface area (Å²) in [5, 5.41) is 3.46. The van der Waals surface area contributed by atoms with E-state index in [1.807, 2.05) is 0 Å². The largest absolute Gasteiger partial charge is 0.372 e. The van der Waals surface area contributed by atoms with Gasteiger partial charge in [-0.1, -0.05) is 6.42 Å². The zero-order valence-corrected chi connectivity index (χ0v) is 7.21. The van der Waals surface area contributed by atoms with Gasteiger partial charge >= 0.3 is 0 Å². The average molecular weight is 169 g/mol. The zero-order chi connectivity index (χ0) is 8.02. The van der Waals surface area contributed by atoms with Gasteiger partial charge in [-0.25, -0.2) is 0 Å². The molecular formula is C9H15NO2. The van der Waals surface area contributed by atoms with Crippen molar-refractivity contribution in [1.29, 1.82) is 0 Å². The minimum Gasteiger partial charge on any atom is -0.372 e. The van der Waals surface area contributed by atoms with E-state index in [2.05, 4.69) is 5.32 Å². The molecule has 0 radical (unpaired) electrons. The Morgan fingerprint density at radius 1 is 1.25 bits per heavy atom. The van der Waals surface area contributed by atoms with Gasteiger partial charge < -0.3 is 9.47 Å². The van der Waals surface area contributed by atoms with E-state index in [9.17, 15) is 0 Å². The summed E-state index contributed by atoms with van der Waals surface area (Å²) in [6.45, 7) is 2.63. The zero-order valence-electron chi connectivity index (χ0n) is 7.21. The van der Waals surface area contributed by atoms with Crippen molar-refractivity contribution < 1.29 is 9.47 Å². The minimum absolute atomic E-state index is 0.0779. The topological polar surface area (TPSA) is 30.5 Å². The fraction of sp³-hybridized carbons (Fsp3) is 1.00. The summed E-state index contributed by atoms with van der Waals surface area (Å²) in [4.78, 5) is 0. The Morgan fingerprint density at radius 2 is 2.17 bits per heavy atom. The Balaban J connectivity index is 1.72. The van der Waals surface area contributed by atoms with Crippen molar-refractivity contribution in [2.75, 3.05) is 19.8 Å². The molecule has 2 unspecified atom stereocenters. The number of hydrogen-bond donors (Lipinski definition) is 1. The maximum absolute atomic E-state index is 6.00. The normalized spacial score (nSPS) is 44.0. The van der Waals surface area contributed by atoms with E-state index in [1.54, 1.807) is 0 Å². The van der Waals surface area contributed by atoms with Crippen LogP contribution in [0.4, 0.5) is 0 Å². The van der Waals surface area contributed by atoms with Gasteiger partial charge in [-0.2, -0.15) is 0 Å². The van der Waals surface area contributed by atoms with E-state index in [1.165, 1.54) is 19.3 Å². The number of rotatable bonds is 0.